The van der Waals surface area contributed by atoms with Crippen molar-refractivity contribution in [3.8, 4) is 28.6 Å². The molecule has 0 aliphatic carbocycles. The van der Waals surface area contributed by atoms with Crippen LogP contribution in [0.3, 0.4) is 0 Å². The fourth-order valence-corrected chi connectivity index (χ4v) is 4.15. The number of carbonyl (C=O) groups is 1. The standard InChI is InChI=1S/C26H31N3O5/c1-28-26(34-23-14-8-7-13-22(23)32-3)21(25(27-28)19-10-5-4-6-11-19)17-29(24(30)18-31-2)16-20-12-9-15-33-20/h4-8,10-11,13-14,20H,9,12,15-18H2,1-3H3/t20-/m0/s1. The summed E-state index contributed by atoms with van der Waals surface area (Å²) >= 11 is 0. The zero-order chi connectivity index (χ0) is 23.9. The van der Waals surface area contributed by atoms with Gasteiger partial charge in [-0.05, 0) is 25.0 Å². The summed E-state index contributed by atoms with van der Waals surface area (Å²) in [5.41, 5.74) is 2.51. The van der Waals surface area contributed by atoms with E-state index in [4.69, 9.17) is 24.0 Å². The molecule has 1 aliphatic heterocycles. The molecule has 0 radical (unpaired) electrons. The van der Waals surface area contributed by atoms with Gasteiger partial charge in [-0.15, -0.1) is 0 Å². The van der Waals surface area contributed by atoms with Crippen molar-refractivity contribution in [3.63, 3.8) is 0 Å². The minimum absolute atomic E-state index is 0.00362. The van der Waals surface area contributed by atoms with Crippen molar-refractivity contribution in [3.05, 3.63) is 60.2 Å². The molecule has 1 saturated heterocycles. The first-order valence-electron chi connectivity index (χ1n) is 11.4. The zero-order valence-electron chi connectivity index (χ0n) is 19.9. The van der Waals surface area contributed by atoms with Gasteiger partial charge in [-0.25, -0.2) is 4.68 Å². The number of amides is 1. The minimum atomic E-state index is -0.107. The highest BCUT2D eigenvalue weighted by atomic mass is 16.5. The van der Waals surface area contributed by atoms with Gasteiger partial charge in [0, 0.05) is 32.9 Å². The Bertz CT molecular complexity index is 1090. The summed E-state index contributed by atoms with van der Waals surface area (Å²) in [6.07, 6.45) is 1.94. The lowest BCUT2D eigenvalue weighted by atomic mass is 10.1. The molecule has 3 aromatic rings. The smallest absolute Gasteiger partial charge is 0.248 e. The zero-order valence-corrected chi connectivity index (χ0v) is 19.9. The third kappa shape index (κ3) is 5.40. The van der Waals surface area contributed by atoms with Crippen molar-refractivity contribution in [2.75, 3.05) is 34.0 Å². The molecule has 0 bridgehead atoms. The molecule has 0 N–H and O–H groups in total. The number of aryl methyl sites for hydroxylation is 1. The Balaban J connectivity index is 1.74. The highest BCUT2D eigenvalue weighted by molar-refractivity contribution is 5.78. The van der Waals surface area contributed by atoms with Crippen molar-refractivity contribution in [1.29, 1.82) is 0 Å². The van der Waals surface area contributed by atoms with Crippen LogP contribution in [0.25, 0.3) is 11.3 Å². The first kappa shape index (κ1) is 23.8. The Hall–Kier alpha value is -3.36. The summed E-state index contributed by atoms with van der Waals surface area (Å²) < 4.78 is 24.5. The summed E-state index contributed by atoms with van der Waals surface area (Å²) in [5, 5.41) is 4.77. The maximum Gasteiger partial charge on any atom is 0.248 e. The van der Waals surface area contributed by atoms with Crippen molar-refractivity contribution in [2.45, 2.75) is 25.5 Å². The van der Waals surface area contributed by atoms with Crippen LogP contribution in [-0.2, 0) is 27.9 Å². The molecule has 0 unspecified atom stereocenters. The summed E-state index contributed by atoms with van der Waals surface area (Å²) in [6, 6.07) is 17.4. The molecular formula is C26H31N3O5. The third-order valence-electron chi connectivity index (χ3n) is 5.83. The number of ether oxygens (including phenoxy) is 4. The number of aromatic nitrogens is 2. The van der Waals surface area contributed by atoms with E-state index in [9.17, 15) is 4.79 Å². The normalized spacial score (nSPS) is 15.3. The number of para-hydroxylation sites is 2. The lowest BCUT2D eigenvalue weighted by Gasteiger charge is -2.26. The molecule has 1 aliphatic rings. The Kier molecular flexibility index (Phi) is 7.82. The number of hydrogen-bond donors (Lipinski definition) is 0. The van der Waals surface area contributed by atoms with Gasteiger partial charge in [-0.2, -0.15) is 5.10 Å². The first-order valence-corrected chi connectivity index (χ1v) is 11.4. The van der Waals surface area contributed by atoms with Crippen molar-refractivity contribution in [2.24, 2.45) is 7.05 Å². The lowest BCUT2D eigenvalue weighted by molar-refractivity contribution is -0.137. The second kappa shape index (κ2) is 11.2. The van der Waals surface area contributed by atoms with Gasteiger partial charge in [0.2, 0.25) is 11.8 Å². The molecule has 0 spiro atoms. The van der Waals surface area contributed by atoms with Crippen LogP contribution in [0.15, 0.2) is 54.6 Å². The number of nitrogens with zero attached hydrogens (tertiary/aromatic N) is 3. The summed E-state index contributed by atoms with van der Waals surface area (Å²) in [4.78, 5) is 14.8. The Morgan fingerprint density at radius 1 is 1.12 bits per heavy atom. The molecule has 2 heterocycles. The van der Waals surface area contributed by atoms with Crippen LogP contribution in [0.4, 0.5) is 0 Å². The van der Waals surface area contributed by atoms with Gasteiger partial charge < -0.3 is 23.8 Å². The maximum absolute atomic E-state index is 13.0. The predicted octanol–water partition coefficient (Wildman–Crippen LogP) is 4.04. The molecule has 1 atom stereocenters. The summed E-state index contributed by atoms with van der Waals surface area (Å²) in [7, 11) is 4.97. The van der Waals surface area contributed by atoms with E-state index in [1.54, 1.807) is 16.7 Å². The molecule has 1 fully saturated rings. The lowest BCUT2D eigenvalue weighted by Crippen LogP contribution is -2.39. The average molecular weight is 466 g/mol. The van der Waals surface area contributed by atoms with Crippen LogP contribution in [0, 0.1) is 0 Å². The van der Waals surface area contributed by atoms with E-state index in [1.807, 2.05) is 61.6 Å². The van der Waals surface area contributed by atoms with Crippen LogP contribution in [0.1, 0.15) is 18.4 Å². The number of methoxy groups -OCH3 is 2. The van der Waals surface area contributed by atoms with E-state index >= 15 is 0 Å². The van der Waals surface area contributed by atoms with E-state index in [1.165, 1.54) is 7.11 Å². The minimum Gasteiger partial charge on any atom is -0.493 e. The summed E-state index contributed by atoms with van der Waals surface area (Å²) in [5.74, 6) is 1.63. The second-order valence-electron chi connectivity index (χ2n) is 8.22. The van der Waals surface area contributed by atoms with E-state index in [0.717, 1.165) is 36.3 Å². The Morgan fingerprint density at radius 3 is 2.53 bits per heavy atom. The van der Waals surface area contributed by atoms with Crippen LogP contribution in [0.5, 0.6) is 17.4 Å². The fraction of sp³-hybridized carbons (Fsp3) is 0.385. The first-order chi connectivity index (χ1) is 16.6. The number of rotatable bonds is 10. The van der Waals surface area contributed by atoms with Gasteiger partial charge in [0.25, 0.3) is 0 Å². The number of benzene rings is 2. The van der Waals surface area contributed by atoms with Crippen molar-refractivity contribution in [1.82, 2.24) is 14.7 Å². The van der Waals surface area contributed by atoms with E-state index < -0.39 is 0 Å². The van der Waals surface area contributed by atoms with E-state index in [-0.39, 0.29) is 18.6 Å². The fourth-order valence-electron chi connectivity index (χ4n) is 4.15. The highest BCUT2D eigenvalue weighted by Crippen LogP contribution is 2.37. The van der Waals surface area contributed by atoms with Crippen LogP contribution < -0.4 is 9.47 Å². The van der Waals surface area contributed by atoms with Crippen LogP contribution in [0.2, 0.25) is 0 Å². The molecule has 1 amide bonds. The van der Waals surface area contributed by atoms with Crippen LogP contribution in [-0.4, -0.2) is 60.7 Å². The molecule has 4 rings (SSSR count). The van der Waals surface area contributed by atoms with Gasteiger partial charge in [0.05, 0.1) is 25.3 Å². The largest absolute Gasteiger partial charge is 0.493 e. The molecule has 1 aromatic heterocycles. The van der Waals surface area contributed by atoms with Gasteiger partial charge in [-0.1, -0.05) is 42.5 Å². The SMILES string of the molecule is COCC(=O)N(Cc1c(-c2ccccc2)nn(C)c1Oc1ccccc1OC)C[C@@H]1CCCO1. The van der Waals surface area contributed by atoms with Gasteiger partial charge in [-0.3, -0.25) is 4.79 Å². The third-order valence-corrected chi connectivity index (χ3v) is 5.83. The molecule has 2 aromatic carbocycles. The monoisotopic (exact) mass is 465 g/mol. The molecule has 34 heavy (non-hydrogen) atoms. The van der Waals surface area contributed by atoms with Gasteiger partial charge in [0.1, 0.15) is 12.3 Å². The number of carbonyl (C=O) groups excluding carboxylic acids is 1. The predicted molar refractivity (Wildman–Crippen MR) is 128 cm³/mol. The second-order valence-corrected chi connectivity index (χ2v) is 8.22. The quantitative estimate of drug-likeness (QED) is 0.450. The maximum atomic E-state index is 13.0. The highest BCUT2D eigenvalue weighted by Gasteiger charge is 2.28. The molecule has 8 heteroatoms. The molecule has 8 nitrogen and oxygen atoms in total. The summed E-state index contributed by atoms with van der Waals surface area (Å²) in [6.45, 7) is 1.52. The van der Waals surface area contributed by atoms with E-state index in [2.05, 4.69) is 0 Å². The van der Waals surface area contributed by atoms with Gasteiger partial charge in [0.15, 0.2) is 11.5 Å². The average Bonchev–Trinajstić information content (AvgIpc) is 3.48. The van der Waals surface area contributed by atoms with Crippen molar-refractivity contribution < 1.29 is 23.7 Å². The Morgan fingerprint density at radius 2 is 1.85 bits per heavy atom. The topological polar surface area (TPSA) is 75.1 Å². The molecular weight excluding hydrogens is 434 g/mol. The molecule has 180 valence electrons. The molecule has 0 saturated carbocycles. The Labute approximate surface area is 200 Å². The van der Waals surface area contributed by atoms with Gasteiger partial charge >= 0.3 is 0 Å². The van der Waals surface area contributed by atoms with Crippen molar-refractivity contribution >= 4 is 5.91 Å². The van der Waals surface area contributed by atoms with Crippen LogP contribution >= 0.6 is 0 Å². The van der Waals surface area contributed by atoms with E-state index in [0.29, 0.717) is 30.5 Å². The number of hydrogen-bond acceptors (Lipinski definition) is 6.